The minimum atomic E-state index is -1.07. The van der Waals surface area contributed by atoms with E-state index in [0.29, 0.717) is 26.2 Å². The van der Waals surface area contributed by atoms with Gasteiger partial charge in [0.05, 0.1) is 24.3 Å². The smallest absolute Gasteiger partial charge is 0.225 e. The summed E-state index contributed by atoms with van der Waals surface area (Å²) in [5, 5.41) is 23.9. The van der Waals surface area contributed by atoms with E-state index in [0.717, 1.165) is 24.5 Å². The second-order valence-electron chi connectivity index (χ2n) is 8.05. The number of nitrogens with one attached hydrogen (secondary N) is 1. The van der Waals surface area contributed by atoms with Crippen molar-refractivity contribution in [1.82, 2.24) is 15.2 Å². The van der Waals surface area contributed by atoms with E-state index in [-0.39, 0.29) is 12.3 Å². The molecule has 8 heteroatoms. The van der Waals surface area contributed by atoms with Crippen LogP contribution in [0.1, 0.15) is 12.1 Å². The lowest BCUT2D eigenvalue weighted by Gasteiger charge is -2.36. The summed E-state index contributed by atoms with van der Waals surface area (Å²) in [6.07, 6.45) is -1.56. The average molecular weight is 427 g/mol. The van der Waals surface area contributed by atoms with E-state index in [1.807, 2.05) is 41.3 Å². The molecule has 0 aliphatic carbocycles. The van der Waals surface area contributed by atoms with Gasteiger partial charge in [0.2, 0.25) is 5.91 Å². The molecule has 0 unspecified atom stereocenters. The van der Waals surface area contributed by atoms with Crippen LogP contribution < -0.4 is 10.2 Å². The van der Waals surface area contributed by atoms with Crippen LogP contribution in [0.3, 0.4) is 0 Å². The van der Waals surface area contributed by atoms with Crippen molar-refractivity contribution in [2.24, 2.45) is 0 Å². The number of aliphatic hydroxyl groups excluding tert-OH is 2. The summed E-state index contributed by atoms with van der Waals surface area (Å²) < 4.78 is 5.84. The topological polar surface area (TPSA) is 98.2 Å². The third-order valence-electron chi connectivity index (χ3n) is 5.97. The Balaban J connectivity index is 1.23. The minimum absolute atomic E-state index is 0.0499. The number of ether oxygens (including phenoxy) is 1. The Labute approximate surface area is 182 Å². The molecule has 4 atom stereocenters. The van der Waals surface area contributed by atoms with Crippen LogP contribution in [-0.4, -0.2) is 83.1 Å². The molecule has 1 aromatic carbocycles. The Kier molecular flexibility index (Phi) is 7.14. The number of para-hydroxylation sites is 1. The van der Waals surface area contributed by atoms with Crippen LogP contribution in [0, 0.1) is 0 Å². The predicted octanol–water partition coefficient (Wildman–Crippen LogP) is 0.399. The Hall–Kier alpha value is -2.52. The first kappa shape index (κ1) is 21.7. The highest BCUT2D eigenvalue weighted by Crippen LogP contribution is 2.25. The van der Waals surface area contributed by atoms with E-state index in [9.17, 15) is 15.0 Å². The second-order valence-corrected chi connectivity index (χ2v) is 8.05. The largest absolute Gasteiger partial charge is 0.388 e. The lowest BCUT2D eigenvalue weighted by molar-refractivity contribution is -0.135. The maximum atomic E-state index is 12.8. The van der Waals surface area contributed by atoms with Crippen molar-refractivity contribution in [3.63, 3.8) is 0 Å². The van der Waals surface area contributed by atoms with Crippen LogP contribution >= 0.6 is 0 Å². The van der Waals surface area contributed by atoms with Gasteiger partial charge in [-0.2, -0.15) is 0 Å². The monoisotopic (exact) mass is 426 g/mol. The third-order valence-corrected chi connectivity index (χ3v) is 5.97. The molecule has 0 bridgehead atoms. The van der Waals surface area contributed by atoms with Crippen LogP contribution in [0.2, 0.25) is 0 Å². The summed E-state index contributed by atoms with van der Waals surface area (Å²) >= 11 is 0. The van der Waals surface area contributed by atoms with Gasteiger partial charge < -0.3 is 30.1 Å². The number of hydrogen-bond acceptors (Lipinski definition) is 7. The van der Waals surface area contributed by atoms with Gasteiger partial charge in [0, 0.05) is 51.2 Å². The molecule has 8 nitrogen and oxygen atoms in total. The standard InChI is InChI=1S/C23H30N4O4/c28-21(27-12-10-26(11-13-27)18-7-2-1-3-8-18)14-19-22(29)23(30)20(31-19)16-24-15-17-6-4-5-9-25-17/h1-9,19-20,22-24,29-30H,10-16H2/t19-,20-,22+,23-/m1/s1. The summed E-state index contributed by atoms with van der Waals surface area (Å²) in [6, 6.07) is 15.8. The van der Waals surface area contributed by atoms with Crippen LogP contribution in [0.4, 0.5) is 5.69 Å². The SMILES string of the molecule is O=C(C[C@H]1O[C@H](CNCc2ccccn2)[C@@H](O)[C@H]1O)N1CCN(c2ccccc2)CC1. The zero-order valence-electron chi connectivity index (χ0n) is 17.5. The first-order valence-corrected chi connectivity index (χ1v) is 10.8. The molecular weight excluding hydrogens is 396 g/mol. The molecule has 0 saturated carbocycles. The molecule has 4 rings (SSSR count). The van der Waals surface area contributed by atoms with Crippen molar-refractivity contribution in [2.75, 3.05) is 37.6 Å². The van der Waals surface area contributed by atoms with Crippen LogP contribution in [0.5, 0.6) is 0 Å². The Morgan fingerprint density at radius 2 is 1.71 bits per heavy atom. The zero-order chi connectivity index (χ0) is 21.6. The van der Waals surface area contributed by atoms with E-state index in [1.165, 1.54) is 0 Å². The van der Waals surface area contributed by atoms with Crippen molar-refractivity contribution in [3.05, 3.63) is 60.4 Å². The molecule has 2 aliphatic rings. The predicted molar refractivity (Wildman–Crippen MR) is 116 cm³/mol. The number of carbonyl (C=O) groups is 1. The maximum absolute atomic E-state index is 12.8. The van der Waals surface area contributed by atoms with Gasteiger partial charge >= 0.3 is 0 Å². The molecule has 1 aromatic heterocycles. The quantitative estimate of drug-likeness (QED) is 0.590. The summed E-state index contributed by atoms with van der Waals surface area (Å²) in [6.45, 7) is 3.72. The Morgan fingerprint density at radius 3 is 2.42 bits per heavy atom. The van der Waals surface area contributed by atoms with E-state index in [1.54, 1.807) is 6.20 Å². The van der Waals surface area contributed by atoms with Crippen LogP contribution in [0.25, 0.3) is 0 Å². The van der Waals surface area contributed by atoms with E-state index < -0.39 is 24.4 Å². The fourth-order valence-corrected chi connectivity index (χ4v) is 4.16. The lowest BCUT2D eigenvalue weighted by atomic mass is 10.0. The third kappa shape index (κ3) is 5.40. The minimum Gasteiger partial charge on any atom is -0.388 e. The average Bonchev–Trinajstić information content (AvgIpc) is 3.08. The first-order chi connectivity index (χ1) is 15.1. The first-order valence-electron chi connectivity index (χ1n) is 10.8. The molecule has 3 N–H and O–H groups in total. The van der Waals surface area contributed by atoms with Gasteiger partial charge in [0.15, 0.2) is 0 Å². The summed E-state index contributed by atoms with van der Waals surface area (Å²) in [5.74, 6) is -0.0499. The van der Waals surface area contributed by atoms with Gasteiger partial charge in [-0.3, -0.25) is 9.78 Å². The van der Waals surface area contributed by atoms with E-state index in [2.05, 4.69) is 27.3 Å². The summed E-state index contributed by atoms with van der Waals surface area (Å²) in [5.41, 5.74) is 2.05. The Morgan fingerprint density at radius 1 is 1.00 bits per heavy atom. The van der Waals surface area contributed by atoms with Crippen molar-refractivity contribution < 1.29 is 19.7 Å². The number of piperazine rings is 1. The van der Waals surface area contributed by atoms with Crippen molar-refractivity contribution in [2.45, 2.75) is 37.4 Å². The van der Waals surface area contributed by atoms with E-state index >= 15 is 0 Å². The number of aliphatic hydroxyl groups is 2. The number of pyridine rings is 1. The maximum Gasteiger partial charge on any atom is 0.225 e. The molecule has 2 aliphatic heterocycles. The highest BCUT2D eigenvalue weighted by molar-refractivity contribution is 5.77. The summed E-state index contributed by atoms with van der Waals surface area (Å²) in [7, 11) is 0. The van der Waals surface area contributed by atoms with Gasteiger partial charge in [-0.15, -0.1) is 0 Å². The fourth-order valence-electron chi connectivity index (χ4n) is 4.16. The van der Waals surface area contributed by atoms with E-state index in [4.69, 9.17) is 4.74 Å². The Bertz CT molecular complexity index is 830. The molecule has 1 amide bonds. The normalized spacial score (nSPS) is 26.3. The van der Waals surface area contributed by atoms with Gasteiger partial charge in [0.25, 0.3) is 0 Å². The molecule has 0 radical (unpaired) electrons. The molecular formula is C23H30N4O4. The zero-order valence-corrected chi connectivity index (χ0v) is 17.5. The number of nitrogens with zero attached hydrogens (tertiary/aromatic N) is 3. The van der Waals surface area contributed by atoms with Crippen molar-refractivity contribution in [1.29, 1.82) is 0 Å². The molecule has 2 aromatic rings. The second kappa shape index (κ2) is 10.2. The molecule has 31 heavy (non-hydrogen) atoms. The highest BCUT2D eigenvalue weighted by Gasteiger charge is 2.43. The van der Waals surface area contributed by atoms with Crippen molar-refractivity contribution >= 4 is 11.6 Å². The molecule has 2 fully saturated rings. The van der Waals surface area contributed by atoms with Gasteiger partial charge in [-0.1, -0.05) is 24.3 Å². The number of hydrogen-bond donors (Lipinski definition) is 3. The fraction of sp³-hybridized carbons (Fsp3) is 0.478. The summed E-state index contributed by atoms with van der Waals surface area (Å²) in [4.78, 5) is 21.1. The molecule has 166 valence electrons. The molecule has 0 spiro atoms. The van der Waals surface area contributed by atoms with Crippen LogP contribution in [-0.2, 0) is 16.1 Å². The lowest BCUT2D eigenvalue weighted by Crippen LogP contribution is -2.49. The number of anilines is 1. The highest BCUT2D eigenvalue weighted by atomic mass is 16.5. The number of amides is 1. The number of carbonyl (C=O) groups excluding carboxylic acids is 1. The van der Waals surface area contributed by atoms with Gasteiger partial charge in [0.1, 0.15) is 12.2 Å². The van der Waals surface area contributed by atoms with Gasteiger partial charge in [-0.05, 0) is 24.3 Å². The number of benzene rings is 1. The number of aromatic nitrogens is 1. The number of rotatable bonds is 7. The van der Waals surface area contributed by atoms with Crippen molar-refractivity contribution in [3.8, 4) is 0 Å². The molecule has 3 heterocycles. The van der Waals surface area contributed by atoms with Crippen LogP contribution in [0.15, 0.2) is 54.7 Å². The molecule has 2 saturated heterocycles. The van der Waals surface area contributed by atoms with Gasteiger partial charge in [-0.25, -0.2) is 0 Å².